The van der Waals surface area contributed by atoms with Crippen LogP contribution in [0.3, 0.4) is 0 Å². The van der Waals surface area contributed by atoms with Gasteiger partial charge in [0.05, 0.1) is 25.8 Å². The molecule has 2 aromatic carbocycles. The summed E-state index contributed by atoms with van der Waals surface area (Å²) >= 11 is 0. The average molecular weight is 383 g/mol. The van der Waals surface area contributed by atoms with Gasteiger partial charge in [-0.15, -0.1) is 0 Å². The van der Waals surface area contributed by atoms with Crippen LogP contribution in [0.2, 0.25) is 0 Å². The maximum Gasteiger partial charge on any atom is 0.266 e. The molecular formula is C20H21N3O5. The van der Waals surface area contributed by atoms with E-state index < -0.39 is 6.10 Å². The predicted molar refractivity (Wildman–Crippen MR) is 103 cm³/mol. The number of carbonyl (C=O) groups excluding carboxylic acids is 3. The van der Waals surface area contributed by atoms with Crippen LogP contribution in [0.4, 0.5) is 11.4 Å². The molecule has 8 nitrogen and oxygen atoms in total. The number of nitrogens with one attached hydrogen (secondary N) is 2. The first-order valence-corrected chi connectivity index (χ1v) is 8.70. The summed E-state index contributed by atoms with van der Waals surface area (Å²) in [6, 6.07) is 13.9. The van der Waals surface area contributed by atoms with Crippen LogP contribution in [-0.4, -0.2) is 49.4 Å². The second-order valence-corrected chi connectivity index (χ2v) is 6.32. The van der Waals surface area contributed by atoms with Crippen molar-refractivity contribution in [1.29, 1.82) is 0 Å². The lowest BCUT2D eigenvalue weighted by molar-refractivity contribution is -0.137. The Hall–Kier alpha value is -3.55. The Bertz CT molecular complexity index is 882. The fraction of sp³-hybridized carbons (Fsp3) is 0.250. The maximum absolute atomic E-state index is 12.4. The molecule has 2 N–H and O–H groups in total. The van der Waals surface area contributed by atoms with Crippen molar-refractivity contribution in [2.45, 2.75) is 12.5 Å². The summed E-state index contributed by atoms with van der Waals surface area (Å²) in [5.74, 6) is 0.0883. The van der Waals surface area contributed by atoms with Crippen molar-refractivity contribution in [3.05, 3.63) is 48.5 Å². The number of ether oxygens (including phenoxy) is 2. The van der Waals surface area contributed by atoms with Gasteiger partial charge < -0.3 is 25.0 Å². The van der Waals surface area contributed by atoms with E-state index in [0.717, 1.165) is 0 Å². The molecule has 3 rings (SSSR count). The third-order valence-electron chi connectivity index (χ3n) is 4.25. The lowest BCUT2D eigenvalue weighted by Gasteiger charge is -2.26. The largest absolute Gasteiger partial charge is 0.497 e. The summed E-state index contributed by atoms with van der Waals surface area (Å²) in [6.07, 6.45) is -1.10. The van der Waals surface area contributed by atoms with Gasteiger partial charge in [0.1, 0.15) is 11.5 Å². The number of anilines is 2. The molecular weight excluding hydrogens is 362 g/mol. The molecule has 0 saturated carbocycles. The van der Waals surface area contributed by atoms with Gasteiger partial charge >= 0.3 is 0 Å². The number of benzene rings is 2. The maximum atomic E-state index is 12.4. The van der Waals surface area contributed by atoms with Crippen molar-refractivity contribution in [3.8, 4) is 11.5 Å². The monoisotopic (exact) mass is 383 g/mol. The van der Waals surface area contributed by atoms with Crippen LogP contribution in [0, 0.1) is 0 Å². The third-order valence-corrected chi connectivity index (χ3v) is 4.25. The van der Waals surface area contributed by atoms with Crippen molar-refractivity contribution >= 4 is 29.1 Å². The second kappa shape index (κ2) is 8.43. The van der Waals surface area contributed by atoms with Crippen LogP contribution < -0.4 is 20.1 Å². The fourth-order valence-corrected chi connectivity index (χ4v) is 2.72. The molecule has 146 valence electrons. The van der Waals surface area contributed by atoms with Gasteiger partial charge in [0.25, 0.3) is 5.91 Å². The summed E-state index contributed by atoms with van der Waals surface area (Å²) < 4.78 is 10.7. The van der Waals surface area contributed by atoms with Crippen molar-refractivity contribution in [2.75, 3.05) is 31.3 Å². The number of methoxy groups -OCH3 is 1. The molecule has 0 saturated heterocycles. The molecule has 2 aromatic rings. The van der Waals surface area contributed by atoms with Crippen LogP contribution in [0.25, 0.3) is 0 Å². The summed E-state index contributed by atoms with van der Waals surface area (Å²) in [7, 11) is 3.06. The van der Waals surface area contributed by atoms with Gasteiger partial charge in [-0.1, -0.05) is 12.1 Å². The van der Waals surface area contributed by atoms with Gasteiger partial charge in [0.2, 0.25) is 11.8 Å². The lowest BCUT2D eigenvalue weighted by Crippen LogP contribution is -2.43. The van der Waals surface area contributed by atoms with E-state index in [9.17, 15) is 14.4 Å². The highest BCUT2D eigenvalue weighted by atomic mass is 16.5. The van der Waals surface area contributed by atoms with Gasteiger partial charge in [-0.05, 0) is 36.4 Å². The van der Waals surface area contributed by atoms with Gasteiger partial charge in [-0.2, -0.15) is 0 Å². The van der Waals surface area contributed by atoms with E-state index in [1.54, 1.807) is 55.6 Å². The number of hydrogen-bond acceptors (Lipinski definition) is 5. The second-order valence-electron chi connectivity index (χ2n) is 6.32. The molecule has 1 heterocycles. The highest BCUT2D eigenvalue weighted by molar-refractivity contribution is 6.00. The zero-order chi connectivity index (χ0) is 20.1. The minimum atomic E-state index is -0.936. The Kier molecular flexibility index (Phi) is 5.78. The van der Waals surface area contributed by atoms with Gasteiger partial charge in [0, 0.05) is 12.7 Å². The highest BCUT2D eigenvalue weighted by Gasteiger charge is 2.30. The molecule has 0 bridgehead atoms. The van der Waals surface area contributed by atoms with Gasteiger partial charge in [-0.25, -0.2) is 0 Å². The first kappa shape index (κ1) is 19.2. The predicted octanol–water partition coefficient (Wildman–Crippen LogP) is 1.88. The Labute approximate surface area is 162 Å². The van der Waals surface area contributed by atoms with E-state index >= 15 is 0 Å². The van der Waals surface area contributed by atoms with Crippen LogP contribution in [0.1, 0.15) is 6.42 Å². The van der Waals surface area contributed by atoms with Crippen molar-refractivity contribution in [2.24, 2.45) is 0 Å². The number of carbonyl (C=O) groups is 3. The minimum Gasteiger partial charge on any atom is -0.497 e. The van der Waals surface area contributed by atoms with Gasteiger partial charge in [-0.3, -0.25) is 14.4 Å². The number of rotatable bonds is 6. The van der Waals surface area contributed by atoms with E-state index in [1.165, 1.54) is 11.9 Å². The third kappa shape index (κ3) is 4.59. The van der Waals surface area contributed by atoms with E-state index in [4.69, 9.17) is 9.47 Å². The normalized spacial score (nSPS) is 14.9. The van der Waals surface area contributed by atoms with Crippen molar-refractivity contribution < 1.29 is 23.9 Å². The summed E-state index contributed by atoms with van der Waals surface area (Å²) in [6.45, 7) is -0.143. The zero-order valence-electron chi connectivity index (χ0n) is 15.6. The molecule has 1 aliphatic heterocycles. The van der Waals surface area contributed by atoms with E-state index in [0.29, 0.717) is 22.9 Å². The molecule has 28 heavy (non-hydrogen) atoms. The molecule has 0 radical (unpaired) electrons. The topological polar surface area (TPSA) is 97.0 Å². The van der Waals surface area contributed by atoms with E-state index in [2.05, 4.69) is 10.6 Å². The van der Waals surface area contributed by atoms with Crippen molar-refractivity contribution in [3.63, 3.8) is 0 Å². The standard InChI is InChI=1S/C20H21N3O5/c1-23(12-18(24)21-13-7-9-14(27-2)10-8-13)19(25)11-17-20(26)22-15-5-3-4-6-16(15)28-17/h3-10,17H,11-12H2,1-2H3,(H,21,24)(H,22,26)/t17-/m1/s1. The van der Waals surface area contributed by atoms with Crippen LogP contribution in [0.15, 0.2) is 48.5 Å². The van der Waals surface area contributed by atoms with Crippen LogP contribution in [-0.2, 0) is 14.4 Å². The summed E-state index contributed by atoms with van der Waals surface area (Å²) in [5, 5.41) is 5.42. The minimum absolute atomic E-state index is 0.143. The average Bonchev–Trinajstić information content (AvgIpc) is 2.69. The van der Waals surface area contributed by atoms with Crippen molar-refractivity contribution in [1.82, 2.24) is 4.90 Å². The number of likely N-dealkylation sites (N-methyl/N-ethyl adjacent to an activating group) is 1. The Morgan fingerprint density at radius 3 is 2.61 bits per heavy atom. The summed E-state index contributed by atoms with van der Waals surface area (Å²) in [5.41, 5.74) is 1.17. The van der Waals surface area contributed by atoms with Gasteiger partial charge in [0.15, 0.2) is 6.10 Å². The number of hydrogen-bond donors (Lipinski definition) is 2. The fourth-order valence-electron chi connectivity index (χ4n) is 2.72. The number of fused-ring (bicyclic) bond motifs is 1. The first-order valence-electron chi connectivity index (χ1n) is 8.70. The molecule has 1 aliphatic rings. The molecule has 0 unspecified atom stereocenters. The highest BCUT2D eigenvalue weighted by Crippen LogP contribution is 2.29. The van der Waals surface area contributed by atoms with Crippen LogP contribution >= 0.6 is 0 Å². The molecule has 0 spiro atoms. The number of nitrogens with zero attached hydrogens (tertiary/aromatic N) is 1. The number of amides is 3. The van der Waals surface area contributed by atoms with Crippen LogP contribution in [0.5, 0.6) is 11.5 Å². The molecule has 3 amide bonds. The summed E-state index contributed by atoms with van der Waals surface area (Å²) in [4.78, 5) is 38.0. The SMILES string of the molecule is COc1ccc(NC(=O)CN(C)C(=O)C[C@H]2Oc3ccccc3NC2=O)cc1. The smallest absolute Gasteiger partial charge is 0.266 e. The molecule has 0 aliphatic carbocycles. The quantitative estimate of drug-likeness (QED) is 0.794. The molecule has 8 heteroatoms. The van der Waals surface area contributed by atoms with E-state index in [-0.39, 0.29) is 30.7 Å². The van der Waals surface area contributed by atoms with E-state index in [1.807, 2.05) is 0 Å². The Morgan fingerprint density at radius 1 is 1.18 bits per heavy atom. The Morgan fingerprint density at radius 2 is 1.89 bits per heavy atom. The first-order chi connectivity index (χ1) is 13.5. The lowest BCUT2D eigenvalue weighted by atomic mass is 10.1. The zero-order valence-corrected chi connectivity index (χ0v) is 15.6. The molecule has 0 fully saturated rings. The Balaban J connectivity index is 1.52. The molecule has 1 atom stereocenters. The number of para-hydroxylation sites is 2. The molecule has 0 aromatic heterocycles.